The lowest BCUT2D eigenvalue weighted by atomic mass is 9.95. The van der Waals surface area contributed by atoms with Crippen LogP contribution in [0.4, 0.5) is 22.0 Å². The van der Waals surface area contributed by atoms with E-state index < -0.39 is 44.2 Å². The lowest BCUT2D eigenvalue weighted by Crippen LogP contribution is -2.35. The van der Waals surface area contributed by atoms with Crippen molar-refractivity contribution in [3.63, 3.8) is 0 Å². The number of halogens is 6. The summed E-state index contributed by atoms with van der Waals surface area (Å²) in [6.45, 7) is 0. The number of nitrogens with zero attached hydrogens (tertiary/aromatic N) is 5. The number of carbonyl (C=O) groups excluding carboxylic acids is 1. The second-order valence-electron chi connectivity index (χ2n) is 9.55. The first-order valence-corrected chi connectivity index (χ1v) is 13.1. The molecule has 1 unspecified atom stereocenters. The molecular formula is C24H19ClF5N5O2S. The van der Waals surface area contributed by atoms with E-state index in [0.717, 1.165) is 9.36 Å². The van der Waals surface area contributed by atoms with Gasteiger partial charge in [-0.25, -0.2) is 9.36 Å². The van der Waals surface area contributed by atoms with Gasteiger partial charge in [-0.3, -0.25) is 9.00 Å². The van der Waals surface area contributed by atoms with Gasteiger partial charge in [0.15, 0.2) is 17.3 Å². The summed E-state index contributed by atoms with van der Waals surface area (Å²) in [6.07, 6.45) is -1.12. The SMILES string of the molecule is Cn1nc(C(F)(F)C(F)(F)F)c(S(=O)C2CC2)c1-n1cc(-c2ccc(Cl)c(C(=O)CC3(C#N)CC3)c2)cn1. The Morgan fingerprint density at radius 1 is 1.24 bits per heavy atom. The monoisotopic (exact) mass is 571 g/mol. The van der Waals surface area contributed by atoms with Crippen molar-refractivity contribution in [1.29, 1.82) is 5.26 Å². The van der Waals surface area contributed by atoms with Crippen LogP contribution in [-0.4, -0.2) is 41.0 Å². The van der Waals surface area contributed by atoms with E-state index in [-0.39, 0.29) is 28.6 Å². The fourth-order valence-corrected chi connectivity index (χ4v) is 6.00. The van der Waals surface area contributed by atoms with Crippen molar-refractivity contribution in [3.8, 4) is 23.0 Å². The number of ketones is 1. The predicted octanol–water partition coefficient (Wildman–Crippen LogP) is 5.73. The number of rotatable bonds is 8. The van der Waals surface area contributed by atoms with E-state index >= 15 is 0 Å². The smallest absolute Gasteiger partial charge is 0.294 e. The van der Waals surface area contributed by atoms with E-state index in [4.69, 9.17) is 11.6 Å². The van der Waals surface area contributed by atoms with Crippen molar-refractivity contribution in [3.05, 3.63) is 46.9 Å². The number of hydrogen-bond acceptors (Lipinski definition) is 5. The highest BCUT2D eigenvalue weighted by molar-refractivity contribution is 7.86. The molecule has 0 N–H and O–H groups in total. The highest BCUT2D eigenvalue weighted by Gasteiger charge is 2.62. The number of Topliss-reactive ketones (excluding diaryl/α,β-unsaturated/α-hetero) is 1. The maximum absolute atomic E-state index is 14.4. The molecule has 3 aromatic rings. The van der Waals surface area contributed by atoms with E-state index in [2.05, 4.69) is 16.3 Å². The Balaban J connectivity index is 1.55. The largest absolute Gasteiger partial charge is 0.459 e. The van der Waals surface area contributed by atoms with Crippen LogP contribution in [0.15, 0.2) is 35.5 Å². The molecule has 0 radical (unpaired) electrons. The molecule has 2 aromatic heterocycles. The van der Waals surface area contributed by atoms with Crippen molar-refractivity contribution in [2.75, 3.05) is 0 Å². The maximum Gasteiger partial charge on any atom is 0.459 e. The molecule has 5 rings (SSSR count). The van der Waals surface area contributed by atoms with Gasteiger partial charge in [-0.2, -0.15) is 37.4 Å². The zero-order chi connectivity index (χ0) is 27.6. The van der Waals surface area contributed by atoms with Crippen LogP contribution >= 0.6 is 11.6 Å². The normalized spacial score (nSPS) is 17.7. The van der Waals surface area contributed by atoms with Crippen molar-refractivity contribution in [1.82, 2.24) is 19.6 Å². The molecule has 2 fully saturated rings. The maximum atomic E-state index is 14.4. The summed E-state index contributed by atoms with van der Waals surface area (Å²) >= 11 is 6.23. The first-order valence-electron chi connectivity index (χ1n) is 11.5. The highest BCUT2D eigenvalue weighted by Crippen LogP contribution is 2.49. The van der Waals surface area contributed by atoms with Crippen LogP contribution in [-0.2, 0) is 23.8 Å². The Bertz CT molecular complexity index is 1520. The molecular weight excluding hydrogens is 553 g/mol. The lowest BCUT2D eigenvalue weighted by Gasteiger charge is -2.18. The third-order valence-electron chi connectivity index (χ3n) is 6.65. The molecule has 38 heavy (non-hydrogen) atoms. The summed E-state index contributed by atoms with van der Waals surface area (Å²) in [5, 5.41) is 16.5. The molecule has 0 amide bonds. The first-order chi connectivity index (χ1) is 17.8. The third-order valence-corrected chi connectivity index (χ3v) is 8.83. The second-order valence-corrected chi connectivity index (χ2v) is 11.6. The molecule has 1 atom stereocenters. The van der Waals surface area contributed by atoms with Gasteiger partial charge >= 0.3 is 12.1 Å². The van der Waals surface area contributed by atoms with Crippen LogP contribution in [0.3, 0.4) is 0 Å². The topological polar surface area (TPSA) is 93.6 Å². The average molecular weight is 572 g/mol. The minimum absolute atomic E-state index is 0.0213. The Kier molecular flexibility index (Phi) is 6.26. The van der Waals surface area contributed by atoms with Gasteiger partial charge in [-0.15, -0.1) is 0 Å². The summed E-state index contributed by atoms with van der Waals surface area (Å²) in [6, 6.07) is 6.75. The van der Waals surface area contributed by atoms with Crippen molar-refractivity contribution >= 4 is 28.2 Å². The van der Waals surface area contributed by atoms with Crippen LogP contribution in [0.25, 0.3) is 16.9 Å². The molecule has 0 bridgehead atoms. The van der Waals surface area contributed by atoms with E-state index in [1.54, 1.807) is 6.07 Å². The number of nitriles is 1. The molecule has 0 saturated heterocycles. The third kappa shape index (κ3) is 4.53. The van der Waals surface area contributed by atoms with Gasteiger partial charge in [0.1, 0.15) is 4.90 Å². The van der Waals surface area contributed by atoms with Crippen LogP contribution in [0.5, 0.6) is 0 Å². The first kappa shape index (κ1) is 26.5. The van der Waals surface area contributed by atoms with Crippen molar-refractivity contribution in [2.45, 2.75) is 54.3 Å². The summed E-state index contributed by atoms with van der Waals surface area (Å²) in [5.74, 6) is -5.92. The van der Waals surface area contributed by atoms with Gasteiger partial charge in [0.05, 0.1) is 33.5 Å². The zero-order valence-corrected chi connectivity index (χ0v) is 21.3. The average Bonchev–Trinajstić information content (AvgIpc) is 3.76. The number of alkyl halides is 5. The minimum Gasteiger partial charge on any atom is -0.294 e. The van der Waals surface area contributed by atoms with Crippen molar-refractivity contribution in [2.24, 2.45) is 12.5 Å². The predicted molar refractivity (Wildman–Crippen MR) is 126 cm³/mol. The quantitative estimate of drug-likeness (QED) is 0.254. The lowest BCUT2D eigenvalue weighted by molar-refractivity contribution is -0.292. The van der Waals surface area contributed by atoms with Crippen LogP contribution < -0.4 is 0 Å². The summed E-state index contributed by atoms with van der Waals surface area (Å²) in [5.41, 5.74) is -1.23. The summed E-state index contributed by atoms with van der Waals surface area (Å²) < 4.78 is 83.4. The van der Waals surface area contributed by atoms with Crippen LogP contribution in [0.2, 0.25) is 5.02 Å². The van der Waals surface area contributed by atoms with Crippen molar-refractivity contribution < 1.29 is 31.0 Å². The molecule has 2 heterocycles. The van der Waals surface area contributed by atoms with Gasteiger partial charge in [0.2, 0.25) is 0 Å². The second kappa shape index (κ2) is 8.98. The molecule has 1 aromatic carbocycles. The molecule has 2 aliphatic carbocycles. The number of carbonyl (C=O) groups is 1. The fourth-order valence-electron chi connectivity index (χ4n) is 4.11. The molecule has 14 heteroatoms. The Morgan fingerprint density at radius 2 is 1.92 bits per heavy atom. The van der Waals surface area contributed by atoms with Crippen LogP contribution in [0, 0.1) is 16.7 Å². The fraction of sp³-hybridized carbons (Fsp3) is 0.417. The standard InChI is InChI=1S/C24H19ClF5N5O2S/c1-34-21(19(38(37)15-3-4-15)20(33-34)23(26,27)24(28,29)30)35-11-14(10-32-35)13-2-5-17(25)16(8-13)18(36)9-22(12-31)6-7-22/h2,5,8,10-11,15H,3-4,6-7,9H2,1H3. The number of aryl methyl sites for hydroxylation is 1. The Morgan fingerprint density at radius 3 is 2.50 bits per heavy atom. The molecule has 2 aliphatic rings. The molecule has 200 valence electrons. The minimum atomic E-state index is -5.94. The number of benzene rings is 1. The molecule has 0 spiro atoms. The molecule has 7 nitrogen and oxygen atoms in total. The highest BCUT2D eigenvalue weighted by atomic mass is 35.5. The van der Waals surface area contributed by atoms with Crippen LogP contribution in [0.1, 0.15) is 48.2 Å². The van der Waals surface area contributed by atoms with E-state index in [1.807, 2.05) is 0 Å². The van der Waals surface area contributed by atoms with E-state index in [1.165, 1.54) is 31.6 Å². The van der Waals surface area contributed by atoms with Gasteiger partial charge in [-0.1, -0.05) is 17.7 Å². The van der Waals surface area contributed by atoms with Gasteiger partial charge in [0, 0.05) is 36.0 Å². The molecule has 0 aliphatic heterocycles. The van der Waals surface area contributed by atoms with Gasteiger partial charge in [-0.05, 0) is 43.4 Å². The van der Waals surface area contributed by atoms with E-state index in [9.17, 15) is 36.2 Å². The van der Waals surface area contributed by atoms with E-state index in [0.29, 0.717) is 36.8 Å². The Labute approximate surface area is 220 Å². The summed E-state index contributed by atoms with van der Waals surface area (Å²) in [7, 11) is -1.00. The zero-order valence-electron chi connectivity index (χ0n) is 19.7. The van der Waals surface area contributed by atoms with Gasteiger partial charge < -0.3 is 0 Å². The summed E-state index contributed by atoms with van der Waals surface area (Å²) in [4.78, 5) is 12.1. The number of hydrogen-bond donors (Lipinski definition) is 0. The number of aromatic nitrogens is 4. The van der Waals surface area contributed by atoms with Gasteiger partial charge in [0.25, 0.3) is 0 Å². The molecule has 2 saturated carbocycles. The Hall–Kier alpha value is -3.11.